The van der Waals surface area contributed by atoms with Gasteiger partial charge in [0.25, 0.3) is 0 Å². The van der Waals surface area contributed by atoms with E-state index in [9.17, 15) is 39.5 Å². The van der Waals surface area contributed by atoms with Crippen molar-refractivity contribution in [2.75, 3.05) is 0 Å². The number of aromatic amines is 1. The van der Waals surface area contributed by atoms with Crippen LogP contribution in [0.15, 0.2) is 6.07 Å². The molecule has 0 aliphatic heterocycles. The zero-order valence-corrected chi connectivity index (χ0v) is 13.1. The fraction of sp³-hybridized carbons (Fsp3) is 0.400. The van der Waals surface area contributed by atoms with Crippen LogP contribution in [0, 0.1) is 3.70 Å². The number of nitrogens with zero attached hydrogens (tertiary/aromatic N) is 3. The summed E-state index contributed by atoms with van der Waals surface area (Å²) in [6, 6.07) is 0.408. The molecule has 1 N–H and O–H groups in total. The summed E-state index contributed by atoms with van der Waals surface area (Å²) in [7, 11) is 0. The van der Waals surface area contributed by atoms with E-state index in [1.54, 1.807) is 0 Å². The van der Waals surface area contributed by atoms with Crippen LogP contribution < -0.4 is 0 Å². The zero-order chi connectivity index (χ0) is 18.5. The molecule has 0 aromatic carbocycles. The number of hydrogen-bond donors (Lipinski definition) is 1. The van der Waals surface area contributed by atoms with Gasteiger partial charge in [-0.25, -0.2) is 4.68 Å². The second kappa shape index (κ2) is 5.80. The van der Waals surface area contributed by atoms with Gasteiger partial charge in [0.2, 0.25) is 0 Å². The Morgan fingerprint density at radius 1 is 1.00 bits per heavy atom. The smallest absolute Gasteiger partial charge is 0.279 e. The van der Waals surface area contributed by atoms with Crippen molar-refractivity contribution in [2.45, 2.75) is 24.9 Å². The molecule has 24 heavy (non-hydrogen) atoms. The van der Waals surface area contributed by atoms with Crippen LogP contribution in [0.2, 0.25) is 0 Å². The molecular formula is C10H4F9IN4. The molecule has 2 aromatic heterocycles. The number of halogens is 10. The van der Waals surface area contributed by atoms with Crippen molar-refractivity contribution in [3.05, 3.63) is 26.8 Å². The molecule has 0 saturated carbocycles. The normalized spacial score (nSPS) is 13.6. The SMILES string of the molecule is FC(F)(F)Cc1[nH]nc(C(F)(F)F)c1-n1nc(I)cc1C(F)(F)F. The third kappa shape index (κ3) is 3.94. The van der Waals surface area contributed by atoms with Gasteiger partial charge in [0, 0.05) is 6.07 Å². The van der Waals surface area contributed by atoms with Gasteiger partial charge in [-0.2, -0.15) is 49.7 Å². The van der Waals surface area contributed by atoms with Crippen molar-refractivity contribution in [3.8, 4) is 5.69 Å². The van der Waals surface area contributed by atoms with Crippen molar-refractivity contribution in [1.29, 1.82) is 0 Å². The monoisotopic (exact) mass is 478 g/mol. The highest BCUT2D eigenvalue weighted by atomic mass is 127. The maximum atomic E-state index is 13.0. The Balaban J connectivity index is 2.75. The standard InChI is InChI=1S/C10H4F9IN4/c11-8(12,13)2-3-6(7(22-21-3)10(17,18)19)24-4(9(14,15)16)1-5(20)23-24/h1H,2H2,(H,21,22). The summed E-state index contributed by atoms with van der Waals surface area (Å²) in [4.78, 5) is 0. The topological polar surface area (TPSA) is 46.5 Å². The lowest BCUT2D eigenvalue weighted by molar-refractivity contribution is -0.146. The van der Waals surface area contributed by atoms with Gasteiger partial charge in [0.1, 0.15) is 15.1 Å². The summed E-state index contributed by atoms with van der Waals surface area (Å²) in [6.45, 7) is 0. The molecule has 2 rings (SSSR count). The average Bonchev–Trinajstić information content (AvgIpc) is 2.88. The van der Waals surface area contributed by atoms with Crippen LogP contribution >= 0.6 is 22.6 Å². The maximum absolute atomic E-state index is 13.0. The van der Waals surface area contributed by atoms with E-state index in [-0.39, 0.29) is 8.38 Å². The van der Waals surface area contributed by atoms with Crippen LogP contribution in [0.25, 0.3) is 5.69 Å². The predicted octanol–water partition coefficient (Wildman–Crippen LogP) is 4.34. The molecule has 4 nitrogen and oxygen atoms in total. The second-order valence-corrected chi connectivity index (χ2v) is 5.56. The van der Waals surface area contributed by atoms with Gasteiger partial charge in [-0.1, -0.05) is 0 Å². The van der Waals surface area contributed by atoms with E-state index in [0.717, 1.165) is 0 Å². The number of rotatable bonds is 2. The molecule has 0 unspecified atom stereocenters. The molecule has 2 aromatic rings. The first-order valence-electron chi connectivity index (χ1n) is 5.74. The summed E-state index contributed by atoms with van der Waals surface area (Å²) < 4.78 is 115. The van der Waals surface area contributed by atoms with Gasteiger partial charge >= 0.3 is 18.5 Å². The van der Waals surface area contributed by atoms with Gasteiger partial charge in [0.15, 0.2) is 5.69 Å². The molecule has 2 heterocycles. The van der Waals surface area contributed by atoms with Gasteiger partial charge in [-0.3, -0.25) is 5.10 Å². The van der Waals surface area contributed by atoms with Gasteiger partial charge in [-0.05, 0) is 22.6 Å². The minimum absolute atomic E-state index is 0.227. The predicted molar refractivity (Wildman–Crippen MR) is 68.2 cm³/mol. The summed E-state index contributed by atoms with van der Waals surface area (Å²) in [5, 5.41) is 7.44. The molecule has 0 radical (unpaired) electrons. The van der Waals surface area contributed by atoms with E-state index in [1.165, 1.54) is 27.7 Å². The Hall–Kier alpha value is -1.48. The van der Waals surface area contributed by atoms with Crippen LogP contribution in [-0.4, -0.2) is 26.2 Å². The van der Waals surface area contributed by atoms with Crippen molar-refractivity contribution >= 4 is 22.6 Å². The maximum Gasteiger partial charge on any atom is 0.437 e. The molecule has 0 spiro atoms. The molecular weight excluding hydrogens is 474 g/mol. The first-order chi connectivity index (χ1) is 10.7. The van der Waals surface area contributed by atoms with Crippen LogP contribution in [0.3, 0.4) is 0 Å². The molecule has 0 atom stereocenters. The summed E-state index contributed by atoms with van der Waals surface area (Å²) in [5.41, 5.74) is -6.19. The van der Waals surface area contributed by atoms with E-state index in [0.29, 0.717) is 6.07 Å². The number of H-pyrrole nitrogens is 1. The average molecular weight is 478 g/mol. The molecule has 0 fully saturated rings. The molecule has 0 saturated heterocycles. The lowest BCUT2D eigenvalue weighted by Crippen LogP contribution is -2.20. The van der Waals surface area contributed by atoms with Gasteiger partial charge in [0.05, 0.1) is 12.1 Å². The van der Waals surface area contributed by atoms with E-state index >= 15 is 0 Å². The van der Waals surface area contributed by atoms with Gasteiger partial charge < -0.3 is 0 Å². The Kier molecular flexibility index (Phi) is 4.56. The lowest BCUT2D eigenvalue weighted by atomic mass is 10.2. The zero-order valence-electron chi connectivity index (χ0n) is 10.9. The Bertz CT molecular complexity index is 737. The second-order valence-electron chi connectivity index (χ2n) is 4.45. The number of aromatic nitrogens is 4. The minimum Gasteiger partial charge on any atom is -0.279 e. The Morgan fingerprint density at radius 3 is 2.04 bits per heavy atom. The summed E-state index contributed by atoms with van der Waals surface area (Å²) in [6.07, 6.45) is -17.3. The summed E-state index contributed by atoms with van der Waals surface area (Å²) in [5.74, 6) is 0. The quantitative estimate of drug-likeness (QED) is 0.516. The van der Waals surface area contributed by atoms with Crippen LogP contribution in [-0.2, 0) is 18.8 Å². The van der Waals surface area contributed by atoms with E-state index in [1.807, 2.05) is 0 Å². The van der Waals surface area contributed by atoms with Gasteiger partial charge in [-0.15, -0.1) is 0 Å². The van der Waals surface area contributed by atoms with Crippen molar-refractivity contribution in [2.24, 2.45) is 0 Å². The molecule has 0 amide bonds. The molecule has 0 aliphatic carbocycles. The van der Waals surface area contributed by atoms with E-state index < -0.39 is 47.7 Å². The highest BCUT2D eigenvalue weighted by Crippen LogP contribution is 2.39. The Morgan fingerprint density at radius 2 is 1.58 bits per heavy atom. The first-order valence-corrected chi connectivity index (χ1v) is 6.82. The van der Waals surface area contributed by atoms with Crippen LogP contribution in [0.1, 0.15) is 17.1 Å². The lowest BCUT2D eigenvalue weighted by Gasteiger charge is -2.14. The number of nitrogens with one attached hydrogen (secondary N) is 1. The third-order valence-electron chi connectivity index (χ3n) is 2.64. The van der Waals surface area contributed by atoms with Crippen molar-refractivity contribution < 1.29 is 39.5 Å². The highest BCUT2D eigenvalue weighted by Gasteiger charge is 2.44. The van der Waals surface area contributed by atoms with Crippen LogP contribution in [0.5, 0.6) is 0 Å². The third-order valence-corrected chi connectivity index (χ3v) is 3.17. The molecule has 0 aliphatic rings. The number of alkyl halides is 9. The fourth-order valence-corrected chi connectivity index (χ4v) is 2.36. The molecule has 134 valence electrons. The van der Waals surface area contributed by atoms with E-state index in [4.69, 9.17) is 0 Å². The van der Waals surface area contributed by atoms with Crippen LogP contribution in [0.4, 0.5) is 39.5 Å². The van der Waals surface area contributed by atoms with E-state index in [2.05, 4.69) is 10.2 Å². The summed E-state index contributed by atoms with van der Waals surface area (Å²) >= 11 is 1.30. The minimum atomic E-state index is -5.28. The number of hydrogen-bond acceptors (Lipinski definition) is 2. The Labute approximate surface area is 140 Å². The van der Waals surface area contributed by atoms with Crippen molar-refractivity contribution in [3.63, 3.8) is 0 Å². The molecule has 0 bridgehead atoms. The fourth-order valence-electron chi connectivity index (χ4n) is 1.85. The highest BCUT2D eigenvalue weighted by molar-refractivity contribution is 14.1. The van der Waals surface area contributed by atoms with Crippen molar-refractivity contribution in [1.82, 2.24) is 20.0 Å². The molecule has 14 heteroatoms. The largest absolute Gasteiger partial charge is 0.437 e. The first kappa shape index (κ1) is 18.9.